The van der Waals surface area contributed by atoms with Crippen LogP contribution in [0.4, 0.5) is 4.39 Å². The number of carbonyl (C=O) groups excluding carboxylic acids is 1. The number of likely N-dealkylation sites (tertiary alicyclic amines) is 1. The minimum Gasteiger partial charge on any atom is -0.459 e. The molecule has 0 N–H and O–H groups in total. The number of hydrogen-bond donors (Lipinski definition) is 0. The number of carbonyl (C=O) groups is 1. The third-order valence-corrected chi connectivity index (χ3v) is 7.06. The Morgan fingerprint density at radius 3 is 2.07 bits per heavy atom. The highest BCUT2D eigenvalue weighted by Crippen LogP contribution is 2.52. The maximum atomic E-state index is 13.4. The largest absolute Gasteiger partial charge is 0.459 e. The number of piperidine rings is 1. The number of rotatable bonds is 4. The van der Waals surface area contributed by atoms with Crippen molar-refractivity contribution in [3.05, 3.63) is 35.6 Å². The smallest absolute Gasteiger partial charge is 0.320 e. The molecule has 0 atom stereocenters. The standard InChI is InChI=1S/C24H37FN2O2/c1-22(2,3)29-21(28)18-27-16-14-23(15-17-27)10-12-24(13-11-23,26(4)5)19-6-8-20(25)9-7-19/h6-9H,10-18H2,1-5H3. The SMILES string of the molecule is CN(C)C1(c2ccc(F)cc2)CCC2(CCN(CC(=O)OC(C)(C)C)CC2)CC1. The first-order chi connectivity index (χ1) is 13.5. The molecule has 1 aliphatic heterocycles. The van der Waals surface area contributed by atoms with Gasteiger partial charge in [-0.05, 0) is 110 Å². The number of ether oxygens (including phenoxy) is 1. The van der Waals surface area contributed by atoms with E-state index in [2.05, 4.69) is 23.9 Å². The summed E-state index contributed by atoms with van der Waals surface area (Å²) >= 11 is 0. The van der Waals surface area contributed by atoms with Gasteiger partial charge in [0.25, 0.3) is 0 Å². The summed E-state index contributed by atoms with van der Waals surface area (Å²) in [6.45, 7) is 8.06. The fourth-order valence-electron chi connectivity index (χ4n) is 5.19. The molecule has 1 saturated carbocycles. The number of esters is 1. The maximum Gasteiger partial charge on any atom is 0.320 e. The van der Waals surface area contributed by atoms with Crippen LogP contribution in [0.15, 0.2) is 24.3 Å². The first kappa shape index (κ1) is 22.2. The van der Waals surface area contributed by atoms with Crippen molar-refractivity contribution in [3.8, 4) is 0 Å². The Morgan fingerprint density at radius 2 is 1.59 bits per heavy atom. The molecule has 1 aliphatic carbocycles. The zero-order chi connectivity index (χ0) is 21.3. The molecule has 1 heterocycles. The van der Waals surface area contributed by atoms with Gasteiger partial charge in [-0.1, -0.05) is 12.1 Å². The lowest BCUT2D eigenvalue weighted by atomic mass is 9.61. The quantitative estimate of drug-likeness (QED) is 0.688. The Kier molecular flexibility index (Phi) is 6.40. The molecule has 0 amide bonds. The summed E-state index contributed by atoms with van der Waals surface area (Å²) < 4.78 is 18.9. The highest BCUT2D eigenvalue weighted by atomic mass is 19.1. The van der Waals surface area contributed by atoms with Crippen molar-refractivity contribution >= 4 is 5.97 Å². The lowest BCUT2D eigenvalue weighted by Crippen LogP contribution is -2.50. The molecular formula is C24H37FN2O2. The topological polar surface area (TPSA) is 32.8 Å². The summed E-state index contributed by atoms with van der Waals surface area (Å²) in [5.74, 6) is -0.299. The molecule has 0 bridgehead atoms. The second-order valence-electron chi connectivity index (χ2n) is 10.3. The molecule has 0 unspecified atom stereocenters. The summed E-state index contributed by atoms with van der Waals surface area (Å²) in [4.78, 5) is 16.7. The highest BCUT2D eigenvalue weighted by molar-refractivity contribution is 5.72. The minimum absolute atomic E-state index is 0.00734. The van der Waals surface area contributed by atoms with Crippen molar-refractivity contribution in [1.29, 1.82) is 0 Å². The van der Waals surface area contributed by atoms with Crippen LogP contribution < -0.4 is 0 Å². The number of halogens is 1. The highest BCUT2D eigenvalue weighted by Gasteiger charge is 2.46. The van der Waals surface area contributed by atoms with Crippen molar-refractivity contribution < 1.29 is 13.9 Å². The van der Waals surface area contributed by atoms with Crippen LogP contribution in [0, 0.1) is 11.2 Å². The van der Waals surface area contributed by atoms with E-state index < -0.39 is 5.60 Å². The molecule has 3 rings (SSSR count). The molecule has 5 heteroatoms. The van der Waals surface area contributed by atoms with Gasteiger partial charge in [0.2, 0.25) is 0 Å². The van der Waals surface area contributed by atoms with Crippen LogP contribution in [0.5, 0.6) is 0 Å². The molecule has 1 aromatic carbocycles. The zero-order valence-electron chi connectivity index (χ0n) is 18.8. The van der Waals surface area contributed by atoms with Crippen LogP contribution >= 0.6 is 0 Å². The van der Waals surface area contributed by atoms with E-state index >= 15 is 0 Å². The monoisotopic (exact) mass is 404 g/mol. The van der Waals surface area contributed by atoms with Gasteiger partial charge in [0.15, 0.2) is 0 Å². The van der Waals surface area contributed by atoms with Crippen molar-refractivity contribution in [1.82, 2.24) is 9.80 Å². The van der Waals surface area contributed by atoms with Gasteiger partial charge in [-0.25, -0.2) is 4.39 Å². The van der Waals surface area contributed by atoms with E-state index in [-0.39, 0.29) is 17.3 Å². The lowest BCUT2D eigenvalue weighted by molar-refractivity contribution is -0.156. The molecular weight excluding hydrogens is 367 g/mol. The van der Waals surface area contributed by atoms with Gasteiger partial charge in [-0.15, -0.1) is 0 Å². The molecule has 162 valence electrons. The zero-order valence-corrected chi connectivity index (χ0v) is 18.8. The average Bonchev–Trinajstić information content (AvgIpc) is 2.64. The summed E-state index contributed by atoms with van der Waals surface area (Å²) in [7, 11) is 4.29. The van der Waals surface area contributed by atoms with Crippen molar-refractivity contribution in [2.45, 2.75) is 70.4 Å². The van der Waals surface area contributed by atoms with Gasteiger partial charge >= 0.3 is 5.97 Å². The van der Waals surface area contributed by atoms with Crippen LogP contribution in [0.25, 0.3) is 0 Å². The Hall–Kier alpha value is -1.46. The van der Waals surface area contributed by atoms with E-state index in [1.54, 1.807) is 12.1 Å². The Balaban J connectivity index is 1.59. The normalized spacial score (nSPS) is 22.0. The van der Waals surface area contributed by atoms with Gasteiger partial charge in [0.05, 0.1) is 6.54 Å². The van der Waals surface area contributed by atoms with E-state index in [0.717, 1.165) is 38.8 Å². The minimum atomic E-state index is -0.423. The van der Waals surface area contributed by atoms with Crippen molar-refractivity contribution in [3.63, 3.8) is 0 Å². The van der Waals surface area contributed by atoms with Gasteiger partial charge in [0.1, 0.15) is 11.4 Å². The van der Waals surface area contributed by atoms with E-state index in [1.807, 2.05) is 32.9 Å². The molecule has 2 aliphatic rings. The van der Waals surface area contributed by atoms with E-state index in [1.165, 1.54) is 18.4 Å². The second kappa shape index (κ2) is 8.35. The van der Waals surface area contributed by atoms with Gasteiger partial charge in [-0.3, -0.25) is 14.6 Å². The fourth-order valence-corrected chi connectivity index (χ4v) is 5.19. The summed E-state index contributed by atoms with van der Waals surface area (Å²) in [5, 5.41) is 0. The van der Waals surface area contributed by atoms with E-state index in [0.29, 0.717) is 12.0 Å². The predicted octanol–water partition coefficient (Wildman–Crippen LogP) is 4.58. The molecule has 0 radical (unpaired) electrons. The summed E-state index contributed by atoms with van der Waals surface area (Å²) in [5.41, 5.74) is 1.17. The van der Waals surface area contributed by atoms with Crippen LogP contribution in [-0.2, 0) is 15.1 Å². The lowest BCUT2D eigenvalue weighted by Gasteiger charge is -2.52. The van der Waals surface area contributed by atoms with Gasteiger partial charge < -0.3 is 4.74 Å². The summed E-state index contributed by atoms with van der Waals surface area (Å²) in [6.07, 6.45) is 6.84. The summed E-state index contributed by atoms with van der Waals surface area (Å²) in [6, 6.07) is 7.08. The molecule has 29 heavy (non-hydrogen) atoms. The predicted molar refractivity (Wildman–Crippen MR) is 114 cm³/mol. The second-order valence-corrected chi connectivity index (χ2v) is 10.3. The first-order valence-corrected chi connectivity index (χ1v) is 10.9. The Labute approximate surface area is 175 Å². The van der Waals surface area contributed by atoms with E-state index in [4.69, 9.17) is 4.74 Å². The number of benzene rings is 1. The molecule has 0 aromatic heterocycles. The van der Waals surface area contributed by atoms with Crippen LogP contribution in [0.1, 0.15) is 64.9 Å². The fraction of sp³-hybridized carbons (Fsp3) is 0.708. The van der Waals surface area contributed by atoms with Crippen LogP contribution in [-0.4, -0.2) is 55.1 Å². The number of nitrogens with zero attached hydrogens (tertiary/aromatic N) is 2. The molecule has 2 fully saturated rings. The van der Waals surface area contributed by atoms with Gasteiger partial charge in [0, 0.05) is 5.54 Å². The van der Waals surface area contributed by atoms with Crippen molar-refractivity contribution in [2.75, 3.05) is 33.7 Å². The van der Waals surface area contributed by atoms with Gasteiger partial charge in [-0.2, -0.15) is 0 Å². The van der Waals surface area contributed by atoms with Crippen LogP contribution in [0.2, 0.25) is 0 Å². The Bertz CT molecular complexity index is 691. The third-order valence-electron chi connectivity index (χ3n) is 7.06. The third kappa shape index (κ3) is 5.18. The molecule has 1 saturated heterocycles. The first-order valence-electron chi connectivity index (χ1n) is 10.9. The maximum absolute atomic E-state index is 13.4. The van der Waals surface area contributed by atoms with E-state index in [9.17, 15) is 9.18 Å². The van der Waals surface area contributed by atoms with Crippen molar-refractivity contribution in [2.24, 2.45) is 5.41 Å². The average molecular weight is 405 g/mol. The number of hydrogen-bond acceptors (Lipinski definition) is 4. The molecule has 4 nitrogen and oxygen atoms in total. The molecule has 1 aromatic rings. The Morgan fingerprint density at radius 1 is 1.03 bits per heavy atom. The molecule has 1 spiro atoms. The van der Waals surface area contributed by atoms with Crippen LogP contribution in [0.3, 0.4) is 0 Å².